The third kappa shape index (κ3) is 4.46. The fourth-order valence-electron chi connectivity index (χ4n) is 4.16. The predicted molar refractivity (Wildman–Crippen MR) is 115 cm³/mol. The van der Waals surface area contributed by atoms with E-state index in [1.165, 1.54) is 16.2 Å². The zero-order chi connectivity index (χ0) is 20.9. The second kappa shape index (κ2) is 9.26. The number of ether oxygens (including phenoxy) is 3. The first-order chi connectivity index (χ1) is 14.7. The van der Waals surface area contributed by atoms with Gasteiger partial charge in [0.05, 0.1) is 39.8 Å². The monoisotopic (exact) mass is 412 g/mol. The Bertz CT molecular complexity index is 863. The van der Waals surface area contributed by atoms with Crippen molar-refractivity contribution in [3.63, 3.8) is 0 Å². The molecule has 0 aliphatic carbocycles. The number of piperazine rings is 1. The number of methoxy groups -OCH3 is 1. The van der Waals surface area contributed by atoms with Gasteiger partial charge in [0.2, 0.25) is 12.7 Å². The normalized spacial score (nSPS) is 16.9. The number of nitrogens with one attached hydrogen (secondary N) is 2. The number of carbonyl (C=O) groups is 1. The Labute approximate surface area is 177 Å². The Morgan fingerprint density at radius 3 is 2.57 bits per heavy atom. The second-order valence-electron chi connectivity index (χ2n) is 7.67. The minimum absolute atomic E-state index is 0.0806. The molecule has 2 aliphatic rings. The molecule has 7 nitrogen and oxygen atoms in total. The van der Waals surface area contributed by atoms with E-state index in [0.717, 1.165) is 43.4 Å². The van der Waals surface area contributed by atoms with Crippen LogP contribution in [-0.2, 0) is 4.79 Å². The van der Waals surface area contributed by atoms with E-state index in [2.05, 4.69) is 34.5 Å². The van der Waals surface area contributed by atoms with E-state index in [4.69, 9.17) is 14.2 Å². The van der Waals surface area contributed by atoms with Gasteiger partial charge in [0.25, 0.3) is 0 Å². The molecule has 1 amide bonds. The lowest BCUT2D eigenvalue weighted by Gasteiger charge is -2.38. The highest BCUT2D eigenvalue weighted by Crippen LogP contribution is 2.33. The van der Waals surface area contributed by atoms with Gasteiger partial charge in [-0.05, 0) is 42.5 Å². The molecule has 1 fully saturated rings. The van der Waals surface area contributed by atoms with Crippen molar-refractivity contribution >= 4 is 11.6 Å². The SMILES string of the molecule is CCC(=O)NC[C@H](c1ccc2c(c1)OCO2)[NH+]1CCN(c2ccc(OC)cc2)CC1. The van der Waals surface area contributed by atoms with Gasteiger partial charge >= 0.3 is 0 Å². The highest BCUT2D eigenvalue weighted by Gasteiger charge is 2.30. The summed E-state index contributed by atoms with van der Waals surface area (Å²) in [6.07, 6.45) is 0.494. The van der Waals surface area contributed by atoms with E-state index in [-0.39, 0.29) is 18.7 Å². The molecular formula is C23H30N3O4+. The Morgan fingerprint density at radius 1 is 1.13 bits per heavy atom. The Morgan fingerprint density at radius 2 is 1.87 bits per heavy atom. The molecule has 4 rings (SSSR count). The van der Waals surface area contributed by atoms with Crippen molar-refractivity contribution < 1.29 is 23.9 Å². The maximum absolute atomic E-state index is 11.9. The molecule has 2 heterocycles. The summed E-state index contributed by atoms with van der Waals surface area (Å²) in [5.74, 6) is 2.53. The van der Waals surface area contributed by atoms with Crippen molar-refractivity contribution in [1.29, 1.82) is 0 Å². The molecule has 30 heavy (non-hydrogen) atoms. The number of rotatable bonds is 7. The molecule has 2 aliphatic heterocycles. The van der Waals surface area contributed by atoms with Crippen LogP contribution in [0.2, 0.25) is 0 Å². The van der Waals surface area contributed by atoms with Crippen molar-refractivity contribution in [1.82, 2.24) is 5.32 Å². The van der Waals surface area contributed by atoms with E-state index >= 15 is 0 Å². The second-order valence-corrected chi connectivity index (χ2v) is 7.67. The van der Waals surface area contributed by atoms with Gasteiger partial charge < -0.3 is 29.3 Å². The van der Waals surface area contributed by atoms with E-state index < -0.39 is 0 Å². The van der Waals surface area contributed by atoms with Crippen LogP contribution in [0.3, 0.4) is 0 Å². The molecule has 0 aromatic heterocycles. The van der Waals surface area contributed by atoms with Gasteiger partial charge in [-0.15, -0.1) is 0 Å². The van der Waals surface area contributed by atoms with Gasteiger partial charge in [-0.3, -0.25) is 4.79 Å². The zero-order valence-electron chi connectivity index (χ0n) is 17.6. The van der Waals surface area contributed by atoms with Crippen LogP contribution in [0.1, 0.15) is 24.9 Å². The van der Waals surface area contributed by atoms with Gasteiger partial charge in [0.15, 0.2) is 11.5 Å². The summed E-state index contributed by atoms with van der Waals surface area (Å²) in [5.41, 5.74) is 2.39. The average molecular weight is 413 g/mol. The van der Waals surface area contributed by atoms with Crippen molar-refractivity contribution in [2.75, 3.05) is 51.5 Å². The summed E-state index contributed by atoms with van der Waals surface area (Å²) in [6, 6.07) is 14.5. The number of hydrogen-bond acceptors (Lipinski definition) is 5. The first-order valence-corrected chi connectivity index (χ1v) is 10.6. The van der Waals surface area contributed by atoms with Crippen LogP contribution in [0.25, 0.3) is 0 Å². The maximum Gasteiger partial charge on any atom is 0.231 e. The lowest BCUT2D eigenvalue weighted by molar-refractivity contribution is -0.931. The van der Waals surface area contributed by atoms with Crippen LogP contribution in [0.4, 0.5) is 5.69 Å². The molecule has 2 N–H and O–H groups in total. The molecule has 0 radical (unpaired) electrons. The summed E-state index contributed by atoms with van der Waals surface area (Å²) < 4.78 is 16.3. The Kier molecular flexibility index (Phi) is 6.28. The minimum atomic E-state index is 0.0806. The van der Waals surface area contributed by atoms with Crippen molar-refractivity contribution in [2.24, 2.45) is 0 Å². The molecule has 7 heteroatoms. The lowest BCUT2D eigenvalue weighted by atomic mass is 10.0. The van der Waals surface area contributed by atoms with Crippen molar-refractivity contribution in [3.05, 3.63) is 48.0 Å². The average Bonchev–Trinajstić information content (AvgIpc) is 3.27. The highest BCUT2D eigenvalue weighted by molar-refractivity contribution is 5.75. The van der Waals surface area contributed by atoms with Gasteiger partial charge in [0, 0.05) is 17.7 Å². The third-order valence-electron chi connectivity index (χ3n) is 5.96. The predicted octanol–water partition coefficient (Wildman–Crippen LogP) is 1.40. The molecule has 0 bridgehead atoms. The lowest BCUT2D eigenvalue weighted by Crippen LogP contribution is -3.15. The van der Waals surface area contributed by atoms with Crippen LogP contribution in [0.15, 0.2) is 42.5 Å². The van der Waals surface area contributed by atoms with Crippen LogP contribution in [0.5, 0.6) is 17.2 Å². The van der Waals surface area contributed by atoms with Gasteiger partial charge in [-0.2, -0.15) is 0 Å². The van der Waals surface area contributed by atoms with E-state index in [1.54, 1.807) is 7.11 Å². The maximum atomic E-state index is 11.9. The van der Waals surface area contributed by atoms with Gasteiger partial charge in [-0.25, -0.2) is 0 Å². The molecule has 160 valence electrons. The molecule has 2 aromatic carbocycles. The van der Waals surface area contributed by atoms with Gasteiger partial charge in [0.1, 0.15) is 11.8 Å². The fraction of sp³-hybridized carbons (Fsp3) is 0.435. The summed E-state index contributed by atoms with van der Waals surface area (Å²) >= 11 is 0. The van der Waals surface area contributed by atoms with Gasteiger partial charge in [-0.1, -0.05) is 6.92 Å². The summed E-state index contributed by atoms with van der Waals surface area (Å²) in [7, 11) is 1.69. The largest absolute Gasteiger partial charge is 0.497 e. The van der Waals surface area contributed by atoms with E-state index in [0.29, 0.717) is 13.0 Å². The number of carbonyl (C=O) groups excluding carboxylic acids is 1. The molecule has 0 unspecified atom stereocenters. The number of amides is 1. The molecule has 0 saturated carbocycles. The molecule has 1 atom stereocenters. The standard InChI is InChI=1S/C23H29N3O4/c1-3-23(27)24-15-20(17-4-9-21-22(14-17)30-16-29-21)26-12-10-25(11-13-26)18-5-7-19(28-2)8-6-18/h4-9,14,20H,3,10-13,15-16H2,1-2H3,(H,24,27)/p+1/t20-/m1/s1. The third-order valence-corrected chi connectivity index (χ3v) is 5.96. The smallest absolute Gasteiger partial charge is 0.231 e. The summed E-state index contributed by atoms with van der Waals surface area (Å²) in [4.78, 5) is 15.8. The van der Waals surface area contributed by atoms with Crippen molar-refractivity contribution in [3.8, 4) is 17.2 Å². The van der Waals surface area contributed by atoms with Crippen LogP contribution < -0.4 is 29.3 Å². The van der Waals surface area contributed by atoms with E-state index in [9.17, 15) is 4.79 Å². The first-order valence-electron chi connectivity index (χ1n) is 10.6. The van der Waals surface area contributed by atoms with Crippen LogP contribution >= 0.6 is 0 Å². The number of fused-ring (bicyclic) bond motifs is 1. The van der Waals surface area contributed by atoms with Crippen molar-refractivity contribution in [2.45, 2.75) is 19.4 Å². The van der Waals surface area contributed by atoms with E-state index in [1.807, 2.05) is 25.1 Å². The number of anilines is 1. The Hall–Kier alpha value is -2.93. The quantitative estimate of drug-likeness (QED) is 0.720. The Balaban J connectivity index is 1.46. The minimum Gasteiger partial charge on any atom is -0.497 e. The molecule has 1 saturated heterocycles. The highest BCUT2D eigenvalue weighted by atomic mass is 16.7. The summed E-state index contributed by atoms with van der Waals surface area (Å²) in [5, 5.41) is 3.09. The number of nitrogens with zero attached hydrogens (tertiary/aromatic N) is 1. The zero-order valence-corrected chi connectivity index (χ0v) is 17.6. The fourth-order valence-corrected chi connectivity index (χ4v) is 4.16. The number of benzene rings is 2. The number of quaternary nitrogens is 1. The molecule has 0 spiro atoms. The molecule has 2 aromatic rings. The topological polar surface area (TPSA) is 64.5 Å². The number of hydrogen-bond donors (Lipinski definition) is 2. The summed E-state index contributed by atoms with van der Waals surface area (Å²) in [6.45, 7) is 6.67. The first kappa shape index (κ1) is 20.3. The van der Waals surface area contributed by atoms with Crippen LogP contribution in [0, 0.1) is 0 Å². The van der Waals surface area contributed by atoms with Crippen LogP contribution in [-0.4, -0.2) is 52.5 Å². The molecular weight excluding hydrogens is 382 g/mol.